The molecule has 1 aromatic rings. The highest BCUT2D eigenvalue weighted by atomic mass is 32.2. The molecular formula is C11H15NO3S. The van der Waals surface area contributed by atoms with Gasteiger partial charge in [0.25, 0.3) is 5.37 Å². The minimum atomic E-state index is -1.01. The van der Waals surface area contributed by atoms with Crippen LogP contribution in [0.4, 0.5) is 0 Å². The summed E-state index contributed by atoms with van der Waals surface area (Å²) in [6.45, 7) is 3.54. The number of benzene rings is 1. The number of hydrogen-bond acceptors (Lipinski definition) is 4. The predicted octanol–water partition coefficient (Wildman–Crippen LogP) is 2.40. The topological polar surface area (TPSA) is 63.4 Å². The third kappa shape index (κ3) is 3.50. The van der Waals surface area contributed by atoms with Crippen molar-refractivity contribution in [2.45, 2.75) is 30.2 Å². The van der Waals surface area contributed by atoms with E-state index in [1.54, 1.807) is 26.0 Å². The lowest BCUT2D eigenvalue weighted by atomic mass is 10.1. The standard InChI is InChI=1S/C11H15NO3S/c1-8(2)10(13)11(12(14)15)16-9-6-4-3-5-7-9/h3-8,10-11,13H,1-2H3. The first-order chi connectivity index (χ1) is 7.52. The number of hydrogen-bond donors (Lipinski definition) is 1. The number of aliphatic hydroxyl groups excluding tert-OH is 1. The number of nitrogens with zero attached hydrogens (tertiary/aromatic N) is 1. The van der Waals surface area contributed by atoms with Crippen molar-refractivity contribution in [1.82, 2.24) is 0 Å². The Morgan fingerprint density at radius 1 is 1.31 bits per heavy atom. The van der Waals surface area contributed by atoms with Gasteiger partial charge in [0.2, 0.25) is 0 Å². The Balaban J connectivity index is 2.77. The smallest absolute Gasteiger partial charge is 0.288 e. The molecule has 0 aliphatic rings. The highest BCUT2D eigenvalue weighted by molar-refractivity contribution is 7.99. The Labute approximate surface area is 98.8 Å². The van der Waals surface area contributed by atoms with Gasteiger partial charge in [-0.05, 0) is 29.8 Å². The van der Waals surface area contributed by atoms with Crippen molar-refractivity contribution in [3.63, 3.8) is 0 Å². The van der Waals surface area contributed by atoms with Crippen LogP contribution in [0.2, 0.25) is 0 Å². The van der Waals surface area contributed by atoms with E-state index in [-0.39, 0.29) is 5.92 Å². The van der Waals surface area contributed by atoms with Gasteiger partial charge in [-0.1, -0.05) is 32.0 Å². The van der Waals surface area contributed by atoms with E-state index in [0.717, 1.165) is 16.7 Å². The Morgan fingerprint density at radius 3 is 2.31 bits per heavy atom. The predicted molar refractivity (Wildman–Crippen MR) is 63.9 cm³/mol. The molecule has 0 bridgehead atoms. The van der Waals surface area contributed by atoms with Crippen molar-refractivity contribution < 1.29 is 10.0 Å². The van der Waals surface area contributed by atoms with Gasteiger partial charge in [-0.25, -0.2) is 0 Å². The third-order valence-electron chi connectivity index (χ3n) is 2.18. The fourth-order valence-corrected chi connectivity index (χ4v) is 2.34. The number of thioether (sulfide) groups is 1. The van der Waals surface area contributed by atoms with Crippen LogP contribution in [0.1, 0.15) is 13.8 Å². The van der Waals surface area contributed by atoms with Crippen LogP contribution in [0, 0.1) is 16.0 Å². The largest absolute Gasteiger partial charge is 0.385 e. The van der Waals surface area contributed by atoms with E-state index < -0.39 is 16.4 Å². The summed E-state index contributed by atoms with van der Waals surface area (Å²) in [4.78, 5) is 11.2. The maximum atomic E-state index is 10.9. The average Bonchev–Trinajstić information content (AvgIpc) is 2.26. The highest BCUT2D eigenvalue weighted by Crippen LogP contribution is 2.27. The molecule has 0 aliphatic heterocycles. The SMILES string of the molecule is CC(C)C(O)C(Sc1ccccc1)[N+](=O)[O-]. The van der Waals surface area contributed by atoms with Crippen LogP contribution < -0.4 is 0 Å². The zero-order valence-electron chi connectivity index (χ0n) is 9.24. The molecule has 0 radical (unpaired) electrons. The lowest BCUT2D eigenvalue weighted by Crippen LogP contribution is -2.34. The molecule has 4 nitrogen and oxygen atoms in total. The van der Waals surface area contributed by atoms with Crippen LogP contribution in [0.25, 0.3) is 0 Å². The summed E-state index contributed by atoms with van der Waals surface area (Å²) in [6.07, 6.45) is -0.944. The maximum Gasteiger partial charge on any atom is 0.288 e. The first kappa shape index (κ1) is 13.0. The van der Waals surface area contributed by atoms with Crippen LogP contribution >= 0.6 is 11.8 Å². The Kier molecular flexibility index (Phi) is 4.76. The second-order valence-corrected chi connectivity index (χ2v) is 5.03. The van der Waals surface area contributed by atoms with E-state index in [1.807, 2.05) is 18.2 Å². The molecule has 0 fully saturated rings. The van der Waals surface area contributed by atoms with Gasteiger partial charge in [0.1, 0.15) is 6.10 Å². The molecule has 0 aromatic heterocycles. The second-order valence-electron chi connectivity index (χ2n) is 3.84. The third-order valence-corrected chi connectivity index (χ3v) is 3.42. The van der Waals surface area contributed by atoms with Crippen molar-refractivity contribution in [2.75, 3.05) is 0 Å². The minimum absolute atomic E-state index is 0.133. The van der Waals surface area contributed by atoms with Gasteiger partial charge in [-0.3, -0.25) is 10.1 Å². The van der Waals surface area contributed by atoms with E-state index in [4.69, 9.17) is 0 Å². The fourth-order valence-electron chi connectivity index (χ4n) is 1.21. The molecule has 1 rings (SSSR count). The lowest BCUT2D eigenvalue weighted by Gasteiger charge is -2.18. The minimum Gasteiger partial charge on any atom is -0.385 e. The molecule has 1 aromatic carbocycles. The van der Waals surface area contributed by atoms with Gasteiger partial charge < -0.3 is 5.11 Å². The van der Waals surface area contributed by atoms with Crippen LogP contribution in [-0.2, 0) is 0 Å². The molecule has 0 saturated carbocycles. The quantitative estimate of drug-likeness (QED) is 0.372. The normalized spacial score (nSPS) is 14.8. The number of aliphatic hydroxyl groups is 1. The van der Waals surface area contributed by atoms with Crippen LogP contribution in [0.15, 0.2) is 35.2 Å². The molecule has 0 spiro atoms. The summed E-state index contributed by atoms with van der Waals surface area (Å²) < 4.78 is 0. The van der Waals surface area contributed by atoms with E-state index in [2.05, 4.69) is 0 Å². The van der Waals surface area contributed by atoms with Gasteiger partial charge in [0.05, 0.1) is 0 Å². The summed E-state index contributed by atoms with van der Waals surface area (Å²) in [5.74, 6) is -0.133. The molecule has 16 heavy (non-hydrogen) atoms. The lowest BCUT2D eigenvalue weighted by molar-refractivity contribution is -0.508. The van der Waals surface area contributed by atoms with Crippen molar-refractivity contribution >= 4 is 11.8 Å². The molecule has 0 amide bonds. The molecule has 0 aliphatic carbocycles. The molecule has 2 unspecified atom stereocenters. The summed E-state index contributed by atoms with van der Waals surface area (Å²) in [6, 6.07) is 9.09. The van der Waals surface area contributed by atoms with E-state index in [0.29, 0.717) is 0 Å². The van der Waals surface area contributed by atoms with Crippen molar-refractivity contribution in [3.8, 4) is 0 Å². The Bertz CT molecular complexity index is 342. The molecule has 2 atom stereocenters. The van der Waals surface area contributed by atoms with Crippen LogP contribution in [0.5, 0.6) is 0 Å². The molecule has 5 heteroatoms. The molecule has 0 heterocycles. The first-order valence-corrected chi connectivity index (χ1v) is 5.93. The molecule has 88 valence electrons. The van der Waals surface area contributed by atoms with Crippen molar-refractivity contribution in [2.24, 2.45) is 5.92 Å². The summed E-state index contributed by atoms with van der Waals surface area (Å²) in [5, 5.41) is 19.6. The van der Waals surface area contributed by atoms with Gasteiger partial charge in [0, 0.05) is 9.82 Å². The Hall–Kier alpha value is -1.07. The summed E-state index contributed by atoms with van der Waals surface area (Å²) >= 11 is 1.08. The van der Waals surface area contributed by atoms with Crippen molar-refractivity contribution in [3.05, 3.63) is 40.4 Å². The second kappa shape index (κ2) is 5.86. The number of nitro groups is 1. The molecular weight excluding hydrogens is 226 g/mol. The highest BCUT2D eigenvalue weighted by Gasteiger charge is 2.33. The van der Waals surface area contributed by atoms with Gasteiger partial charge >= 0.3 is 0 Å². The van der Waals surface area contributed by atoms with Crippen molar-refractivity contribution in [1.29, 1.82) is 0 Å². The number of rotatable bonds is 5. The fraction of sp³-hybridized carbons (Fsp3) is 0.455. The zero-order chi connectivity index (χ0) is 12.1. The van der Waals surface area contributed by atoms with Crippen LogP contribution in [0.3, 0.4) is 0 Å². The summed E-state index contributed by atoms with van der Waals surface area (Å²) in [5.41, 5.74) is 0. The maximum absolute atomic E-state index is 10.9. The van der Waals surface area contributed by atoms with Gasteiger partial charge in [-0.2, -0.15) is 0 Å². The van der Waals surface area contributed by atoms with Gasteiger partial charge in [-0.15, -0.1) is 0 Å². The van der Waals surface area contributed by atoms with E-state index >= 15 is 0 Å². The summed E-state index contributed by atoms with van der Waals surface area (Å²) in [7, 11) is 0. The first-order valence-electron chi connectivity index (χ1n) is 5.05. The molecule has 1 N–H and O–H groups in total. The average molecular weight is 241 g/mol. The monoisotopic (exact) mass is 241 g/mol. The van der Waals surface area contributed by atoms with Gasteiger partial charge in [0.15, 0.2) is 0 Å². The molecule has 0 saturated heterocycles. The van der Waals surface area contributed by atoms with E-state index in [9.17, 15) is 15.2 Å². The Morgan fingerprint density at radius 2 is 1.88 bits per heavy atom. The van der Waals surface area contributed by atoms with Crippen LogP contribution in [-0.4, -0.2) is 21.5 Å². The van der Waals surface area contributed by atoms with E-state index in [1.165, 1.54) is 0 Å². The zero-order valence-corrected chi connectivity index (χ0v) is 10.1.